The van der Waals surface area contributed by atoms with Gasteiger partial charge >= 0.3 is 5.97 Å². The van der Waals surface area contributed by atoms with Gasteiger partial charge in [-0.05, 0) is 40.5 Å². The SMILES string of the molecule is CCCCCCCCCCCCCCCCCC(=O)N(C(=O)CCCCCCCCCCCCCCCCC)C(C)C(=O)OC(C)(C)C. The quantitative estimate of drug-likeness (QED) is 0.0502. The average Bonchev–Trinajstić information content (AvgIpc) is 3.04. The van der Waals surface area contributed by atoms with Crippen molar-refractivity contribution in [3.8, 4) is 0 Å². The zero-order valence-corrected chi connectivity index (χ0v) is 33.3. The Balaban J connectivity index is 4.27. The van der Waals surface area contributed by atoms with Gasteiger partial charge < -0.3 is 4.74 Å². The number of imide groups is 1. The van der Waals surface area contributed by atoms with Crippen LogP contribution in [0, 0.1) is 0 Å². The van der Waals surface area contributed by atoms with Crippen LogP contribution in [0.5, 0.6) is 0 Å². The van der Waals surface area contributed by atoms with Crippen LogP contribution in [-0.4, -0.2) is 34.3 Å². The Bertz CT molecular complexity index is 712. The summed E-state index contributed by atoms with van der Waals surface area (Å²) in [4.78, 5) is 40.7. The molecule has 0 bridgehead atoms. The molecule has 0 aromatic heterocycles. The van der Waals surface area contributed by atoms with Gasteiger partial charge in [-0.3, -0.25) is 14.5 Å². The van der Waals surface area contributed by atoms with Gasteiger partial charge in [0.25, 0.3) is 0 Å². The molecule has 0 aromatic rings. The summed E-state index contributed by atoms with van der Waals surface area (Å²) in [5, 5.41) is 0. The Hall–Kier alpha value is -1.39. The van der Waals surface area contributed by atoms with E-state index in [2.05, 4.69) is 13.8 Å². The van der Waals surface area contributed by atoms with Gasteiger partial charge in [0.2, 0.25) is 11.8 Å². The Morgan fingerprint density at radius 3 is 0.896 bits per heavy atom. The fraction of sp³-hybridized carbons (Fsp3) is 0.930. The molecule has 0 spiro atoms. The number of unbranched alkanes of at least 4 members (excludes halogenated alkanes) is 28. The summed E-state index contributed by atoms with van der Waals surface area (Å²) >= 11 is 0. The molecule has 0 heterocycles. The zero-order valence-electron chi connectivity index (χ0n) is 33.3. The van der Waals surface area contributed by atoms with Gasteiger partial charge in [0.1, 0.15) is 11.6 Å². The monoisotopic (exact) mass is 678 g/mol. The van der Waals surface area contributed by atoms with Crippen molar-refractivity contribution in [2.75, 3.05) is 0 Å². The van der Waals surface area contributed by atoms with Crippen LogP contribution >= 0.6 is 0 Å². The van der Waals surface area contributed by atoms with Crippen LogP contribution in [0.1, 0.15) is 247 Å². The predicted molar refractivity (Wildman–Crippen MR) is 206 cm³/mol. The highest BCUT2D eigenvalue weighted by atomic mass is 16.6. The number of rotatable bonds is 34. The van der Waals surface area contributed by atoms with Crippen LogP contribution in [0.4, 0.5) is 0 Å². The van der Waals surface area contributed by atoms with E-state index in [4.69, 9.17) is 4.74 Å². The molecule has 5 heteroatoms. The molecule has 0 saturated heterocycles. The number of carbonyl (C=O) groups excluding carboxylic acids is 3. The van der Waals surface area contributed by atoms with E-state index in [9.17, 15) is 14.4 Å². The normalized spacial score (nSPS) is 12.3. The number of carbonyl (C=O) groups is 3. The van der Waals surface area contributed by atoms with Gasteiger partial charge in [-0.25, -0.2) is 4.79 Å². The van der Waals surface area contributed by atoms with Gasteiger partial charge in [-0.2, -0.15) is 0 Å². The second-order valence-corrected chi connectivity index (χ2v) is 15.8. The minimum atomic E-state index is -0.892. The molecule has 0 rings (SSSR count). The van der Waals surface area contributed by atoms with E-state index in [0.29, 0.717) is 12.8 Å². The lowest BCUT2D eigenvalue weighted by Gasteiger charge is -2.29. The first-order valence-electron chi connectivity index (χ1n) is 21.2. The van der Waals surface area contributed by atoms with Crippen LogP contribution in [0.2, 0.25) is 0 Å². The molecule has 0 fully saturated rings. The Kier molecular flexibility index (Phi) is 31.8. The second-order valence-electron chi connectivity index (χ2n) is 15.8. The minimum absolute atomic E-state index is 0.228. The third kappa shape index (κ3) is 29.5. The van der Waals surface area contributed by atoms with E-state index in [-0.39, 0.29) is 11.8 Å². The molecule has 0 aliphatic heterocycles. The van der Waals surface area contributed by atoms with Gasteiger partial charge in [-0.1, -0.05) is 194 Å². The van der Waals surface area contributed by atoms with E-state index in [1.165, 1.54) is 159 Å². The maximum atomic E-state index is 13.3. The highest BCUT2D eigenvalue weighted by Gasteiger charge is 2.33. The number of nitrogens with zero attached hydrogens (tertiary/aromatic N) is 1. The third-order valence-electron chi connectivity index (χ3n) is 9.66. The molecular weight excluding hydrogens is 594 g/mol. The van der Waals surface area contributed by atoms with Crippen molar-refractivity contribution in [1.29, 1.82) is 0 Å². The van der Waals surface area contributed by atoms with Crippen LogP contribution < -0.4 is 0 Å². The molecule has 0 aliphatic carbocycles. The predicted octanol–water partition coefficient (Wildman–Crippen LogP) is 13.6. The zero-order chi connectivity index (χ0) is 35.7. The Labute approximate surface area is 299 Å². The number of hydrogen-bond acceptors (Lipinski definition) is 4. The van der Waals surface area contributed by atoms with Crippen molar-refractivity contribution in [3.63, 3.8) is 0 Å². The van der Waals surface area contributed by atoms with Crippen LogP contribution in [-0.2, 0) is 19.1 Å². The highest BCUT2D eigenvalue weighted by Crippen LogP contribution is 2.19. The van der Waals surface area contributed by atoms with E-state index < -0.39 is 17.6 Å². The summed E-state index contributed by atoms with van der Waals surface area (Å²) in [6.45, 7) is 11.6. The molecular formula is C43H83NO4. The lowest BCUT2D eigenvalue weighted by Crippen LogP contribution is -2.49. The summed E-state index contributed by atoms with van der Waals surface area (Å²) in [5.41, 5.74) is -0.661. The van der Waals surface area contributed by atoms with Gasteiger partial charge in [0.05, 0.1) is 0 Å². The van der Waals surface area contributed by atoms with Crippen molar-refractivity contribution < 1.29 is 19.1 Å². The van der Waals surface area contributed by atoms with Crippen molar-refractivity contribution in [3.05, 3.63) is 0 Å². The van der Waals surface area contributed by atoms with E-state index in [1.54, 1.807) is 6.92 Å². The standard InChI is InChI=1S/C43H83NO4/c1-7-9-11-13-15-17-19-21-23-25-27-29-31-33-35-37-40(45)44(39(3)42(47)48-43(4,5)6)41(46)38-36-34-32-30-28-26-24-22-20-18-16-14-12-10-8-2/h39H,7-38H2,1-6H3. The molecule has 0 aliphatic rings. The number of ether oxygens (including phenoxy) is 1. The smallest absolute Gasteiger partial charge is 0.329 e. The molecule has 0 N–H and O–H groups in total. The molecule has 5 nitrogen and oxygen atoms in total. The van der Waals surface area contributed by atoms with Crippen LogP contribution in [0.25, 0.3) is 0 Å². The molecule has 0 saturated carbocycles. The van der Waals surface area contributed by atoms with Crippen molar-refractivity contribution in [2.45, 2.75) is 259 Å². The van der Waals surface area contributed by atoms with Crippen molar-refractivity contribution in [1.82, 2.24) is 4.90 Å². The van der Waals surface area contributed by atoms with E-state index >= 15 is 0 Å². The Morgan fingerprint density at radius 2 is 0.667 bits per heavy atom. The lowest BCUT2D eigenvalue weighted by molar-refractivity contribution is -0.168. The number of hydrogen-bond donors (Lipinski definition) is 0. The largest absolute Gasteiger partial charge is 0.458 e. The third-order valence-corrected chi connectivity index (χ3v) is 9.66. The lowest BCUT2D eigenvalue weighted by atomic mass is 10.0. The van der Waals surface area contributed by atoms with E-state index in [0.717, 1.165) is 38.5 Å². The summed E-state index contributed by atoms with van der Waals surface area (Å²) in [7, 11) is 0. The fourth-order valence-electron chi connectivity index (χ4n) is 6.60. The highest BCUT2D eigenvalue weighted by molar-refractivity contribution is 5.99. The summed E-state index contributed by atoms with van der Waals surface area (Å²) in [6, 6.07) is -0.892. The topological polar surface area (TPSA) is 63.7 Å². The minimum Gasteiger partial charge on any atom is -0.458 e. The first kappa shape index (κ1) is 46.6. The van der Waals surface area contributed by atoms with Crippen molar-refractivity contribution in [2.24, 2.45) is 0 Å². The average molecular weight is 678 g/mol. The molecule has 284 valence electrons. The summed E-state index contributed by atoms with van der Waals surface area (Å²) in [5.74, 6) is -0.958. The first-order valence-corrected chi connectivity index (χ1v) is 21.2. The van der Waals surface area contributed by atoms with Crippen molar-refractivity contribution >= 4 is 17.8 Å². The number of amides is 2. The Morgan fingerprint density at radius 1 is 0.438 bits per heavy atom. The molecule has 48 heavy (non-hydrogen) atoms. The summed E-state index contributed by atoms with van der Waals surface area (Å²) < 4.78 is 5.56. The number of esters is 1. The van der Waals surface area contributed by atoms with Crippen LogP contribution in [0.3, 0.4) is 0 Å². The maximum Gasteiger partial charge on any atom is 0.329 e. The molecule has 1 atom stereocenters. The molecule has 0 aromatic carbocycles. The molecule has 1 unspecified atom stereocenters. The maximum absolute atomic E-state index is 13.3. The first-order chi connectivity index (χ1) is 23.1. The van der Waals surface area contributed by atoms with Crippen LogP contribution in [0.15, 0.2) is 0 Å². The fourth-order valence-corrected chi connectivity index (χ4v) is 6.60. The van der Waals surface area contributed by atoms with Gasteiger partial charge in [-0.15, -0.1) is 0 Å². The summed E-state index contributed by atoms with van der Waals surface area (Å²) in [6.07, 6.45) is 38.7. The van der Waals surface area contributed by atoms with Gasteiger partial charge in [0.15, 0.2) is 0 Å². The molecule has 2 amide bonds. The van der Waals surface area contributed by atoms with Gasteiger partial charge in [0, 0.05) is 12.8 Å². The van der Waals surface area contributed by atoms with E-state index in [1.807, 2.05) is 20.8 Å². The molecule has 0 radical (unpaired) electrons. The second kappa shape index (κ2) is 32.8.